The number of fused-ring (bicyclic) bond motifs is 1. The van der Waals surface area contributed by atoms with Gasteiger partial charge in [0.15, 0.2) is 0 Å². The first-order valence-corrected chi connectivity index (χ1v) is 7.48. The van der Waals surface area contributed by atoms with E-state index >= 15 is 0 Å². The van der Waals surface area contributed by atoms with Crippen molar-refractivity contribution in [2.24, 2.45) is 5.92 Å². The molecule has 0 bridgehead atoms. The summed E-state index contributed by atoms with van der Waals surface area (Å²) in [6, 6.07) is 0.319. The molecule has 1 N–H and O–H groups in total. The van der Waals surface area contributed by atoms with Crippen LogP contribution in [0.4, 0.5) is 0 Å². The van der Waals surface area contributed by atoms with E-state index in [1.54, 1.807) is 14.2 Å². The van der Waals surface area contributed by atoms with Crippen LogP contribution in [-0.4, -0.2) is 20.8 Å². The molecule has 1 atom stereocenters. The fourth-order valence-electron chi connectivity index (χ4n) is 2.94. The van der Waals surface area contributed by atoms with E-state index in [-0.39, 0.29) is 0 Å². The van der Waals surface area contributed by atoms with Crippen LogP contribution in [0.3, 0.4) is 0 Å². The first kappa shape index (κ1) is 14.7. The van der Waals surface area contributed by atoms with Crippen molar-refractivity contribution in [3.8, 4) is 11.5 Å². The minimum absolute atomic E-state index is 0.319. The zero-order valence-electron chi connectivity index (χ0n) is 12.3. The molecule has 1 heterocycles. The van der Waals surface area contributed by atoms with Crippen molar-refractivity contribution >= 4 is 15.9 Å². The van der Waals surface area contributed by atoms with Crippen LogP contribution in [0.5, 0.6) is 11.5 Å². The second kappa shape index (κ2) is 5.71. The molecule has 1 aliphatic rings. The smallest absolute Gasteiger partial charge is 0.137 e. The summed E-state index contributed by atoms with van der Waals surface area (Å²) in [6.07, 6.45) is 0.969. The Morgan fingerprint density at radius 3 is 2.37 bits per heavy atom. The predicted octanol–water partition coefficient (Wildman–Crippen LogP) is 3.62. The fraction of sp³-hybridized carbons (Fsp3) is 0.600. The van der Waals surface area contributed by atoms with Crippen molar-refractivity contribution in [1.29, 1.82) is 0 Å². The zero-order chi connectivity index (χ0) is 14.2. The highest BCUT2D eigenvalue weighted by atomic mass is 79.9. The molecular formula is C15H22BrNO2. The summed E-state index contributed by atoms with van der Waals surface area (Å²) in [7, 11) is 3.48. The first-order valence-electron chi connectivity index (χ1n) is 6.69. The Bertz CT molecular complexity index is 486. The van der Waals surface area contributed by atoms with E-state index in [9.17, 15) is 0 Å². The topological polar surface area (TPSA) is 30.5 Å². The van der Waals surface area contributed by atoms with Crippen LogP contribution in [0.1, 0.15) is 36.6 Å². The van der Waals surface area contributed by atoms with Crippen LogP contribution < -0.4 is 14.8 Å². The lowest BCUT2D eigenvalue weighted by atomic mass is 9.85. The Balaban J connectivity index is 2.74. The lowest BCUT2D eigenvalue weighted by Gasteiger charge is -2.33. The summed E-state index contributed by atoms with van der Waals surface area (Å²) in [5.74, 6) is 2.45. The van der Waals surface area contributed by atoms with Gasteiger partial charge in [-0.2, -0.15) is 0 Å². The molecule has 19 heavy (non-hydrogen) atoms. The highest BCUT2D eigenvalue weighted by molar-refractivity contribution is 9.10. The van der Waals surface area contributed by atoms with Gasteiger partial charge >= 0.3 is 0 Å². The Kier molecular flexibility index (Phi) is 4.41. The van der Waals surface area contributed by atoms with Crippen LogP contribution >= 0.6 is 15.9 Å². The van der Waals surface area contributed by atoms with E-state index < -0.39 is 0 Å². The first-order chi connectivity index (χ1) is 9.02. The number of hydrogen-bond acceptors (Lipinski definition) is 3. The maximum Gasteiger partial charge on any atom is 0.137 e. The maximum absolute atomic E-state index is 5.68. The summed E-state index contributed by atoms with van der Waals surface area (Å²) in [6.45, 7) is 7.51. The van der Waals surface area contributed by atoms with Crippen LogP contribution in [0.25, 0.3) is 0 Å². The van der Waals surface area contributed by atoms with Gasteiger partial charge in [-0.25, -0.2) is 0 Å². The molecule has 0 spiro atoms. The Morgan fingerprint density at radius 1 is 1.21 bits per heavy atom. The standard InChI is InChI=1S/C15H22BrNO2/c1-8(2)13-11-10(6-7-17-13)15(19-5)12(16)9(3)14(11)18-4/h8,13,17H,6-7H2,1-5H3. The number of rotatable bonds is 3. The van der Waals surface area contributed by atoms with Gasteiger partial charge in [-0.05, 0) is 41.7 Å². The molecule has 0 aromatic heterocycles. The van der Waals surface area contributed by atoms with Crippen molar-refractivity contribution < 1.29 is 9.47 Å². The van der Waals surface area contributed by atoms with Gasteiger partial charge in [0.1, 0.15) is 11.5 Å². The molecule has 3 nitrogen and oxygen atoms in total. The highest BCUT2D eigenvalue weighted by Crippen LogP contribution is 2.47. The third kappa shape index (κ3) is 2.36. The van der Waals surface area contributed by atoms with E-state index in [1.165, 1.54) is 11.1 Å². The molecule has 0 saturated carbocycles. The van der Waals surface area contributed by atoms with Gasteiger partial charge in [0.25, 0.3) is 0 Å². The van der Waals surface area contributed by atoms with E-state index in [2.05, 4.69) is 42.0 Å². The maximum atomic E-state index is 5.68. The van der Waals surface area contributed by atoms with Gasteiger partial charge in [0.05, 0.1) is 18.7 Å². The lowest BCUT2D eigenvalue weighted by molar-refractivity contribution is 0.343. The van der Waals surface area contributed by atoms with Crippen molar-refractivity contribution in [3.05, 3.63) is 21.2 Å². The molecule has 1 aromatic carbocycles. The summed E-state index contributed by atoms with van der Waals surface area (Å²) in [5, 5.41) is 3.60. The molecule has 0 saturated heterocycles. The van der Waals surface area contributed by atoms with E-state index in [0.29, 0.717) is 12.0 Å². The molecule has 1 aliphatic heterocycles. The molecule has 106 valence electrons. The molecule has 0 radical (unpaired) electrons. The number of ether oxygens (including phenoxy) is 2. The molecule has 4 heteroatoms. The SMILES string of the molecule is COc1c(Br)c(C)c(OC)c2c1CCNC2C(C)C. The zero-order valence-corrected chi connectivity index (χ0v) is 13.8. The summed E-state index contributed by atoms with van der Waals surface area (Å²) in [5.41, 5.74) is 3.64. The minimum atomic E-state index is 0.319. The Labute approximate surface area is 123 Å². The van der Waals surface area contributed by atoms with Crippen LogP contribution in [0.2, 0.25) is 0 Å². The van der Waals surface area contributed by atoms with Crippen molar-refractivity contribution in [2.75, 3.05) is 20.8 Å². The third-order valence-electron chi connectivity index (χ3n) is 3.84. The Hall–Kier alpha value is -0.740. The summed E-state index contributed by atoms with van der Waals surface area (Å²) >= 11 is 3.64. The molecule has 0 amide bonds. The summed E-state index contributed by atoms with van der Waals surface area (Å²) in [4.78, 5) is 0. The molecular weight excluding hydrogens is 306 g/mol. The lowest BCUT2D eigenvalue weighted by Crippen LogP contribution is -2.34. The van der Waals surface area contributed by atoms with Crippen molar-refractivity contribution in [2.45, 2.75) is 33.2 Å². The number of hydrogen-bond donors (Lipinski definition) is 1. The van der Waals surface area contributed by atoms with Gasteiger partial charge in [-0.3, -0.25) is 0 Å². The predicted molar refractivity (Wildman–Crippen MR) is 81.3 cm³/mol. The average molecular weight is 328 g/mol. The molecule has 0 fully saturated rings. The van der Waals surface area contributed by atoms with Crippen LogP contribution in [0, 0.1) is 12.8 Å². The quantitative estimate of drug-likeness (QED) is 0.919. The average Bonchev–Trinajstić information content (AvgIpc) is 2.40. The van der Waals surface area contributed by atoms with Crippen LogP contribution in [-0.2, 0) is 6.42 Å². The molecule has 1 unspecified atom stereocenters. The molecule has 1 aromatic rings. The normalized spacial score (nSPS) is 18.4. The van der Waals surface area contributed by atoms with Gasteiger partial charge in [0.2, 0.25) is 0 Å². The van der Waals surface area contributed by atoms with Gasteiger partial charge in [-0.1, -0.05) is 13.8 Å². The number of halogens is 1. The van der Waals surface area contributed by atoms with Crippen molar-refractivity contribution in [1.82, 2.24) is 5.32 Å². The van der Waals surface area contributed by atoms with Crippen LogP contribution in [0.15, 0.2) is 4.47 Å². The van der Waals surface area contributed by atoms with Gasteiger partial charge in [0, 0.05) is 22.7 Å². The van der Waals surface area contributed by atoms with E-state index in [0.717, 1.165) is 34.5 Å². The minimum Gasteiger partial charge on any atom is -0.496 e. The fourth-order valence-corrected chi connectivity index (χ4v) is 3.52. The Morgan fingerprint density at radius 2 is 1.84 bits per heavy atom. The number of benzene rings is 1. The van der Waals surface area contributed by atoms with Gasteiger partial charge in [-0.15, -0.1) is 0 Å². The number of nitrogens with one attached hydrogen (secondary N) is 1. The summed E-state index contributed by atoms with van der Waals surface area (Å²) < 4.78 is 12.3. The van der Waals surface area contributed by atoms with E-state index in [4.69, 9.17) is 9.47 Å². The van der Waals surface area contributed by atoms with E-state index in [1.807, 2.05) is 0 Å². The van der Waals surface area contributed by atoms with Crippen molar-refractivity contribution in [3.63, 3.8) is 0 Å². The monoisotopic (exact) mass is 327 g/mol. The second-order valence-corrected chi connectivity index (χ2v) is 6.12. The molecule has 2 rings (SSSR count). The van der Waals surface area contributed by atoms with Gasteiger partial charge < -0.3 is 14.8 Å². The second-order valence-electron chi connectivity index (χ2n) is 5.32. The highest BCUT2D eigenvalue weighted by Gasteiger charge is 2.31. The molecule has 0 aliphatic carbocycles. The number of methoxy groups -OCH3 is 2. The largest absolute Gasteiger partial charge is 0.496 e. The third-order valence-corrected chi connectivity index (χ3v) is 4.79.